The molecular formula is C13H23N3. The van der Waals surface area contributed by atoms with Crippen molar-refractivity contribution >= 4 is 0 Å². The molecule has 1 aliphatic rings. The van der Waals surface area contributed by atoms with E-state index in [0.717, 1.165) is 13.1 Å². The van der Waals surface area contributed by atoms with Crippen LogP contribution in [0.15, 0.2) is 18.3 Å². The smallest absolute Gasteiger partial charge is 0.0506 e. The SMILES string of the molecule is CCCn1cccc1CNN1CCCCC1. The fourth-order valence-corrected chi connectivity index (χ4v) is 2.31. The van der Waals surface area contributed by atoms with Gasteiger partial charge in [-0.2, -0.15) is 0 Å². The molecule has 90 valence electrons. The van der Waals surface area contributed by atoms with Crippen molar-refractivity contribution in [3.05, 3.63) is 24.0 Å². The number of rotatable bonds is 5. The molecule has 0 amide bonds. The third kappa shape index (κ3) is 3.09. The van der Waals surface area contributed by atoms with Crippen LogP contribution in [0.2, 0.25) is 0 Å². The molecule has 0 spiro atoms. The van der Waals surface area contributed by atoms with Crippen LogP contribution in [0.25, 0.3) is 0 Å². The normalized spacial score (nSPS) is 17.8. The van der Waals surface area contributed by atoms with Gasteiger partial charge in [0.25, 0.3) is 0 Å². The summed E-state index contributed by atoms with van der Waals surface area (Å²) in [4.78, 5) is 0. The maximum Gasteiger partial charge on any atom is 0.0506 e. The van der Waals surface area contributed by atoms with E-state index in [1.54, 1.807) is 0 Å². The minimum atomic E-state index is 0.965. The quantitative estimate of drug-likeness (QED) is 0.824. The topological polar surface area (TPSA) is 20.2 Å². The molecule has 0 aromatic carbocycles. The van der Waals surface area contributed by atoms with Crippen LogP contribution in [0.1, 0.15) is 38.3 Å². The Hall–Kier alpha value is -0.800. The maximum absolute atomic E-state index is 3.54. The first kappa shape index (κ1) is 11.7. The fraction of sp³-hybridized carbons (Fsp3) is 0.692. The van der Waals surface area contributed by atoms with Gasteiger partial charge in [-0.3, -0.25) is 0 Å². The highest BCUT2D eigenvalue weighted by Gasteiger charge is 2.09. The molecule has 1 fully saturated rings. The van der Waals surface area contributed by atoms with Crippen molar-refractivity contribution in [2.75, 3.05) is 13.1 Å². The van der Waals surface area contributed by atoms with E-state index in [-0.39, 0.29) is 0 Å². The largest absolute Gasteiger partial charge is 0.350 e. The molecule has 1 aromatic rings. The van der Waals surface area contributed by atoms with Gasteiger partial charge in [0.05, 0.1) is 6.54 Å². The summed E-state index contributed by atoms with van der Waals surface area (Å²) in [5, 5.41) is 2.37. The first-order valence-corrected chi connectivity index (χ1v) is 6.52. The van der Waals surface area contributed by atoms with Gasteiger partial charge in [-0.1, -0.05) is 13.3 Å². The average Bonchev–Trinajstić information content (AvgIpc) is 2.76. The van der Waals surface area contributed by atoms with Crippen LogP contribution < -0.4 is 5.43 Å². The second-order valence-electron chi connectivity index (χ2n) is 4.58. The van der Waals surface area contributed by atoms with Crippen molar-refractivity contribution < 1.29 is 0 Å². The molecule has 2 rings (SSSR count). The molecule has 1 saturated heterocycles. The molecule has 1 aliphatic heterocycles. The first-order chi connectivity index (χ1) is 7.90. The number of aryl methyl sites for hydroxylation is 1. The Kier molecular flexibility index (Phi) is 4.43. The van der Waals surface area contributed by atoms with Crippen molar-refractivity contribution in [1.82, 2.24) is 15.0 Å². The zero-order valence-corrected chi connectivity index (χ0v) is 10.3. The number of hydrogen-bond acceptors (Lipinski definition) is 2. The molecule has 0 aliphatic carbocycles. The molecule has 3 heteroatoms. The van der Waals surface area contributed by atoms with E-state index < -0.39 is 0 Å². The Labute approximate surface area is 98.4 Å². The lowest BCUT2D eigenvalue weighted by Gasteiger charge is -2.27. The molecule has 0 atom stereocenters. The lowest BCUT2D eigenvalue weighted by Crippen LogP contribution is -2.41. The van der Waals surface area contributed by atoms with E-state index in [1.165, 1.54) is 44.5 Å². The van der Waals surface area contributed by atoms with Crippen LogP contribution in [0.5, 0.6) is 0 Å². The molecule has 3 nitrogen and oxygen atoms in total. The lowest BCUT2D eigenvalue weighted by atomic mass is 10.2. The summed E-state index contributed by atoms with van der Waals surface area (Å²) in [7, 11) is 0. The molecule has 1 N–H and O–H groups in total. The first-order valence-electron chi connectivity index (χ1n) is 6.52. The Morgan fingerprint density at radius 2 is 2.06 bits per heavy atom. The molecule has 0 radical (unpaired) electrons. The zero-order chi connectivity index (χ0) is 11.2. The summed E-state index contributed by atoms with van der Waals surface area (Å²) in [5.41, 5.74) is 4.93. The van der Waals surface area contributed by atoms with E-state index in [9.17, 15) is 0 Å². The van der Waals surface area contributed by atoms with Gasteiger partial charge < -0.3 is 4.57 Å². The van der Waals surface area contributed by atoms with E-state index >= 15 is 0 Å². The molecule has 0 unspecified atom stereocenters. The summed E-state index contributed by atoms with van der Waals surface area (Å²) in [6, 6.07) is 4.36. The van der Waals surface area contributed by atoms with Crippen molar-refractivity contribution in [1.29, 1.82) is 0 Å². The van der Waals surface area contributed by atoms with Gasteiger partial charge in [-0.15, -0.1) is 0 Å². The third-order valence-electron chi connectivity index (χ3n) is 3.23. The van der Waals surface area contributed by atoms with Gasteiger partial charge in [0.15, 0.2) is 0 Å². The highest BCUT2D eigenvalue weighted by Crippen LogP contribution is 2.08. The zero-order valence-electron chi connectivity index (χ0n) is 10.3. The lowest BCUT2D eigenvalue weighted by molar-refractivity contribution is 0.149. The van der Waals surface area contributed by atoms with Crippen molar-refractivity contribution in [2.24, 2.45) is 0 Å². The van der Waals surface area contributed by atoms with Crippen molar-refractivity contribution in [3.63, 3.8) is 0 Å². The monoisotopic (exact) mass is 221 g/mol. The molecule has 0 bridgehead atoms. The number of hydrazine groups is 1. The summed E-state index contributed by atoms with van der Waals surface area (Å²) in [5.74, 6) is 0. The molecule has 16 heavy (non-hydrogen) atoms. The van der Waals surface area contributed by atoms with Gasteiger partial charge in [0.1, 0.15) is 0 Å². The summed E-state index contributed by atoms with van der Waals surface area (Å²) < 4.78 is 2.34. The number of aromatic nitrogens is 1. The summed E-state index contributed by atoms with van der Waals surface area (Å²) >= 11 is 0. The van der Waals surface area contributed by atoms with Crippen LogP contribution in [0.4, 0.5) is 0 Å². The van der Waals surface area contributed by atoms with Crippen LogP contribution in [0, 0.1) is 0 Å². The third-order valence-corrected chi connectivity index (χ3v) is 3.23. The van der Waals surface area contributed by atoms with Crippen LogP contribution in [-0.2, 0) is 13.1 Å². The predicted octanol–water partition coefficient (Wildman–Crippen LogP) is 2.39. The molecule has 2 heterocycles. The number of nitrogens with zero attached hydrogens (tertiary/aromatic N) is 2. The van der Waals surface area contributed by atoms with Gasteiger partial charge >= 0.3 is 0 Å². The average molecular weight is 221 g/mol. The molecule has 1 aromatic heterocycles. The van der Waals surface area contributed by atoms with Crippen LogP contribution in [0.3, 0.4) is 0 Å². The fourth-order valence-electron chi connectivity index (χ4n) is 2.31. The second-order valence-corrected chi connectivity index (χ2v) is 4.58. The van der Waals surface area contributed by atoms with E-state index in [4.69, 9.17) is 0 Å². The van der Waals surface area contributed by atoms with Gasteiger partial charge in [0.2, 0.25) is 0 Å². The predicted molar refractivity (Wildman–Crippen MR) is 67.0 cm³/mol. The van der Waals surface area contributed by atoms with Crippen molar-refractivity contribution in [3.8, 4) is 0 Å². The summed E-state index contributed by atoms with van der Waals surface area (Å²) in [6.45, 7) is 6.72. The number of hydrogen-bond donors (Lipinski definition) is 1. The minimum absolute atomic E-state index is 0.965. The second kappa shape index (κ2) is 6.06. The van der Waals surface area contributed by atoms with Gasteiger partial charge in [0, 0.05) is 31.5 Å². The van der Waals surface area contributed by atoms with E-state index in [0.29, 0.717) is 0 Å². The summed E-state index contributed by atoms with van der Waals surface area (Å²) in [6.07, 6.45) is 7.44. The number of piperidine rings is 1. The highest BCUT2D eigenvalue weighted by molar-refractivity contribution is 5.06. The number of nitrogens with one attached hydrogen (secondary N) is 1. The van der Waals surface area contributed by atoms with E-state index in [2.05, 4.69) is 40.3 Å². The Bertz CT molecular complexity index is 300. The standard InChI is InChI=1S/C13H23N3/c1-2-8-15-9-6-7-13(15)12-14-16-10-4-3-5-11-16/h6-7,9,14H,2-5,8,10-12H2,1H3. The molecule has 0 saturated carbocycles. The molecular weight excluding hydrogens is 198 g/mol. The van der Waals surface area contributed by atoms with Gasteiger partial charge in [-0.05, 0) is 31.4 Å². The van der Waals surface area contributed by atoms with Crippen molar-refractivity contribution in [2.45, 2.75) is 45.7 Å². The van der Waals surface area contributed by atoms with E-state index in [1.807, 2.05) is 0 Å². The van der Waals surface area contributed by atoms with Crippen LogP contribution >= 0.6 is 0 Å². The minimum Gasteiger partial charge on any atom is -0.350 e. The maximum atomic E-state index is 3.54. The van der Waals surface area contributed by atoms with Crippen LogP contribution in [-0.4, -0.2) is 22.7 Å². The Balaban J connectivity index is 1.81. The highest BCUT2D eigenvalue weighted by atomic mass is 15.5. The Morgan fingerprint density at radius 3 is 2.81 bits per heavy atom. The van der Waals surface area contributed by atoms with Gasteiger partial charge in [-0.25, -0.2) is 10.4 Å². The Morgan fingerprint density at radius 1 is 1.25 bits per heavy atom.